The van der Waals surface area contributed by atoms with E-state index < -0.39 is 0 Å². The van der Waals surface area contributed by atoms with Gasteiger partial charge in [-0.3, -0.25) is 4.79 Å². The molecule has 0 bridgehead atoms. The van der Waals surface area contributed by atoms with Crippen LogP contribution in [0.1, 0.15) is 22.8 Å². The van der Waals surface area contributed by atoms with Crippen LogP contribution in [0.5, 0.6) is 5.75 Å². The van der Waals surface area contributed by atoms with Crippen LogP contribution in [0.15, 0.2) is 18.2 Å². The number of nitrogens with two attached hydrogens (primary N) is 1. The molecule has 1 aromatic rings. The third kappa shape index (κ3) is 2.94. The van der Waals surface area contributed by atoms with Gasteiger partial charge in [-0.05, 0) is 37.6 Å². The Hall–Kier alpha value is -1.62. The molecule has 17 heavy (non-hydrogen) atoms. The quantitative estimate of drug-likeness (QED) is 0.799. The molecule has 1 rings (SSSR count). The van der Waals surface area contributed by atoms with E-state index in [9.17, 15) is 9.90 Å². The predicted molar refractivity (Wildman–Crippen MR) is 71.2 cm³/mol. The van der Waals surface area contributed by atoms with Crippen LogP contribution in [-0.2, 0) is 0 Å². The summed E-state index contributed by atoms with van der Waals surface area (Å²) in [6.07, 6.45) is 0. The van der Waals surface area contributed by atoms with Crippen molar-refractivity contribution in [1.29, 1.82) is 0 Å². The van der Waals surface area contributed by atoms with E-state index >= 15 is 0 Å². The maximum atomic E-state index is 12.1. The van der Waals surface area contributed by atoms with E-state index in [1.807, 2.05) is 0 Å². The fraction of sp³-hybridized carbons (Fsp3) is 0.333. The van der Waals surface area contributed by atoms with E-state index in [2.05, 4.69) is 0 Å². The average molecular weight is 252 g/mol. The number of nitrogens with zero attached hydrogens (tertiary/aromatic N) is 1. The second kappa shape index (κ2) is 5.14. The van der Waals surface area contributed by atoms with Crippen molar-refractivity contribution in [2.75, 3.05) is 7.05 Å². The lowest BCUT2D eigenvalue weighted by Gasteiger charge is -2.24. The fourth-order valence-corrected chi connectivity index (χ4v) is 1.52. The van der Waals surface area contributed by atoms with Crippen molar-refractivity contribution in [3.8, 4) is 5.75 Å². The number of hydrogen-bond donors (Lipinski definition) is 2. The second-order valence-corrected chi connectivity index (χ2v) is 4.47. The summed E-state index contributed by atoms with van der Waals surface area (Å²) in [6, 6.07) is 4.42. The number of carbonyl (C=O) groups excluding carboxylic acids is 1. The van der Waals surface area contributed by atoms with Gasteiger partial charge in [0.25, 0.3) is 5.91 Å². The molecule has 1 unspecified atom stereocenters. The molecule has 92 valence electrons. The topological polar surface area (TPSA) is 66.6 Å². The summed E-state index contributed by atoms with van der Waals surface area (Å²) in [5.74, 6) is -0.00000257. The van der Waals surface area contributed by atoms with Crippen molar-refractivity contribution in [1.82, 2.24) is 4.90 Å². The largest absolute Gasteiger partial charge is 0.508 e. The van der Waals surface area contributed by atoms with Crippen LogP contribution < -0.4 is 5.73 Å². The number of aromatic hydroxyl groups is 1. The third-order valence-electron chi connectivity index (χ3n) is 2.76. The number of likely N-dealkylation sites (N-methyl/N-ethyl adjacent to an activating group) is 1. The second-order valence-electron chi connectivity index (χ2n) is 4.00. The van der Waals surface area contributed by atoms with Gasteiger partial charge >= 0.3 is 0 Å². The van der Waals surface area contributed by atoms with Crippen LogP contribution in [0.2, 0.25) is 0 Å². The van der Waals surface area contributed by atoms with Crippen molar-refractivity contribution in [2.24, 2.45) is 5.73 Å². The molecule has 5 heteroatoms. The monoisotopic (exact) mass is 252 g/mol. The van der Waals surface area contributed by atoms with Crippen LogP contribution in [-0.4, -0.2) is 34.0 Å². The summed E-state index contributed by atoms with van der Waals surface area (Å²) >= 11 is 4.85. The molecule has 1 atom stereocenters. The van der Waals surface area contributed by atoms with E-state index in [0.29, 0.717) is 11.1 Å². The van der Waals surface area contributed by atoms with Gasteiger partial charge in [0.2, 0.25) is 0 Å². The highest BCUT2D eigenvalue weighted by Gasteiger charge is 2.19. The highest BCUT2D eigenvalue weighted by atomic mass is 32.1. The van der Waals surface area contributed by atoms with Crippen molar-refractivity contribution in [2.45, 2.75) is 19.9 Å². The highest BCUT2D eigenvalue weighted by Crippen LogP contribution is 2.18. The number of carbonyl (C=O) groups is 1. The summed E-state index contributed by atoms with van der Waals surface area (Å²) in [4.78, 5) is 13.8. The fourth-order valence-electron chi connectivity index (χ4n) is 1.36. The molecule has 0 aliphatic rings. The first-order chi connectivity index (χ1) is 7.84. The van der Waals surface area contributed by atoms with Gasteiger partial charge in [0.05, 0.1) is 11.0 Å². The van der Waals surface area contributed by atoms with Gasteiger partial charge in [0.15, 0.2) is 0 Å². The molecular formula is C12H16N2O2S. The first kappa shape index (κ1) is 13.4. The maximum Gasteiger partial charge on any atom is 0.254 e. The number of thiocarbonyl (C=S) groups is 1. The molecule has 0 aromatic heterocycles. The summed E-state index contributed by atoms with van der Waals surface area (Å²) in [5, 5.41) is 9.40. The van der Waals surface area contributed by atoms with E-state index in [4.69, 9.17) is 18.0 Å². The Kier molecular flexibility index (Phi) is 4.07. The van der Waals surface area contributed by atoms with Crippen molar-refractivity contribution < 1.29 is 9.90 Å². The lowest BCUT2D eigenvalue weighted by molar-refractivity contribution is 0.0779. The molecule has 0 heterocycles. The predicted octanol–water partition coefficient (Wildman–Crippen LogP) is 1.45. The first-order valence-corrected chi connectivity index (χ1v) is 5.61. The minimum atomic E-state index is -0.299. The van der Waals surface area contributed by atoms with Gasteiger partial charge in [-0.1, -0.05) is 12.2 Å². The molecule has 0 aliphatic heterocycles. The minimum absolute atomic E-state index is 0.173. The van der Waals surface area contributed by atoms with Crippen LogP contribution in [0.25, 0.3) is 0 Å². The number of benzene rings is 1. The zero-order valence-corrected chi connectivity index (χ0v) is 10.9. The van der Waals surface area contributed by atoms with Gasteiger partial charge in [0.1, 0.15) is 5.75 Å². The molecule has 1 amide bonds. The SMILES string of the molecule is Cc1cc(C(=O)N(C)C(C)C(N)=S)ccc1O. The summed E-state index contributed by atoms with van der Waals surface area (Å²) in [7, 11) is 1.65. The Bertz CT molecular complexity index is 460. The van der Waals surface area contributed by atoms with Gasteiger partial charge < -0.3 is 15.7 Å². The van der Waals surface area contributed by atoms with Gasteiger partial charge in [-0.25, -0.2) is 0 Å². The molecular weight excluding hydrogens is 236 g/mol. The average Bonchev–Trinajstić information content (AvgIpc) is 2.29. The highest BCUT2D eigenvalue weighted by molar-refractivity contribution is 7.80. The Morgan fingerprint density at radius 1 is 1.53 bits per heavy atom. The molecule has 0 saturated carbocycles. The van der Waals surface area contributed by atoms with Crippen LogP contribution >= 0.6 is 12.2 Å². The van der Waals surface area contributed by atoms with Crippen molar-refractivity contribution in [3.05, 3.63) is 29.3 Å². The Morgan fingerprint density at radius 2 is 2.12 bits per heavy atom. The zero-order chi connectivity index (χ0) is 13.2. The van der Waals surface area contributed by atoms with Crippen LogP contribution in [0.4, 0.5) is 0 Å². The zero-order valence-electron chi connectivity index (χ0n) is 10.1. The lowest BCUT2D eigenvalue weighted by Crippen LogP contribution is -2.42. The Morgan fingerprint density at radius 3 is 2.59 bits per heavy atom. The summed E-state index contributed by atoms with van der Waals surface area (Å²) in [6.45, 7) is 3.51. The van der Waals surface area contributed by atoms with Crippen molar-refractivity contribution in [3.63, 3.8) is 0 Å². The van der Waals surface area contributed by atoms with Crippen molar-refractivity contribution >= 4 is 23.1 Å². The number of rotatable bonds is 3. The summed E-state index contributed by atoms with van der Waals surface area (Å²) in [5.41, 5.74) is 6.67. The van der Waals surface area contributed by atoms with E-state index in [1.165, 1.54) is 11.0 Å². The van der Waals surface area contributed by atoms with E-state index in [-0.39, 0.29) is 22.7 Å². The molecule has 0 radical (unpaired) electrons. The van der Waals surface area contributed by atoms with E-state index in [1.54, 1.807) is 33.0 Å². The molecule has 0 aliphatic carbocycles. The molecule has 0 saturated heterocycles. The van der Waals surface area contributed by atoms with Crippen LogP contribution in [0.3, 0.4) is 0 Å². The molecule has 0 fully saturated rings. The molecule has 4 nitrogen and oxygen atoms in total. The van der Waals surface area contributed by atoms with E-state index in [0.717, 1.165) is 0 Å². The van der Waals surface area contributed by atoms with Crippen LogP contribution in [0, 0.1) is 6.92 Å². The Balaban J connectivity index is 2.96. The number of aryl methyl sites for hydroxylation is 1. The number of hydrogen-bond acceptors (Lipinski definition) is 3. The molecule has 3 N–H and O–H groups in total. The molecule has 0 spiro atoms. The Labute approximate surface area is 106 Å². The first-order valence-electron chi connectivity index (χ1n) is 5.20. The van der Waals surface area contributed by atoms with Gasteiger partial charge in [-0.2, -0.15) is 0 Å². The normalized spacial score (nSPS) is 11.9. The number of phenolic OH excluding ortho intramolecular Hbond substituents is 1. The molecule has 1 aromatic carbocycles. The lowest BCUT2D eigenvalue weighted by atomic mass is 10.1. The number of phenols is 1. The smallest absolute Gasteiger partial charge is 0.254 e. The standard InChI is InChI=1S/C12H16N2O2S/c1-7-6-9(4-5-10(7)15)12(16)14(3)8(2)11(13)17/h4-6,8,15H,1-3H3,(H2,13,17). The van der Waals surface area contributed by atoms with Gasteiger partial charge in [-0.15, -0.1) is 0 Å². The number of amides is 1. The maximum absolute atomic E-state index is 12.1. The minimum Gasteiger partial charge on any atom is -0.508 e. The third-order valence-corrected chi connectivity index (χ3v) is 3.10. The van der Waals surface area contributed by atoms with Gasteiger partial charge in [0, 0.05) is 12.6 Å². The summed E-state index contributed by atoms with van der Waals surface area (Å²) < 4.78 is 0.